The van der Waals surface area contributed by atoms with Gasteiger partial charge >= 0.3 is 6.01 Å². The smallest absolute Gasteiger partial charge is 0.320 e. The van der Waals surface area contributed by atoms with Crippen molar-refractivity contribution < 1.29 is 4.42 Å². The Bertz CT molecular complexity index is 558. The predicted octanol–water partition coefficient (Wildman–Crippen LogP) is 3.57. The predicted molar refractivity (Wildman–Crippen MR) is 83.7 cm³/mol. The van der Waals surface area contributed by atoms with Crippen LogP contribution in [0.1, 0.15) is 19.7 Å². The topological polar surface area (TPSA) is 63.0 Å². The molecule has 0 saturated heterocycles. The largest absolute Gasteiger partial charge is 0.406 e. The van der Waals surface area contributed by atoms with Crippen molar-refractivity contribution in [1.82, 2.24) is 15.5 Å². The van der Waals surface area contributed by atoms with E-state index in [9.17, 15) is 0 Å². The van der Waals surface area contributed by atoms with E-state index in [0.717, 1.165) is 9.26 Å². The van der Waals surface area contributed by atoms with Gasteiger partial charge in [0.05, 0.1) is 12.2 Å². The second-order valence-electron chi connectivity index (χ2n) is 4.29. The number of anilines is 2. The van der Waals surface area contributed by atoms with Gasteiger partial charge in [-0.1, -0.05) is 30.5 Å². The first-order valence-corrected chi connectivity index (χ1v) is 7.28. The Hall–Kier alpha value is -0.860. The molecule has 0 aliphatic carbocycles. The highest BCUT2D eigenvalue weighted by Gasteiger charge is 2.08. The molecule has 2 N–H and O–H groups in total. The molecule has 1 aromatic carbocycles. The van der Waals surface area contributed by atoms with Crippen molar-refractivity contribution in [2.75, 3.05) is 5.32 Å². The maximum Gasteiger partial charge on any atom is 0.320 e. The molecular formula is C12H14ClIN4O. The second kappa shape index (κ2) is 6.53. The van der Waals surface area contributed by atoms with Crippen LogP contribution in [0.3, 0.4) is 0 Å². The molecule has 0 aliphatic heterocycles. The molecule has 0 unspecified atom stereocenters. The molecule has 0 bridgehead atoms. The van der Waals surface area contributed by atoms with Crippen LogP contribution in [-0.4, -0.2) is 16.2 Å². The van der Waals surface area contributed by atoms with Gasteiger partial charge in [0.1, 0.15) is 0 Å². The molecule has 0 fully saturated rings. The molecule has 1 heterocycles. The van der Waals surface area contributed by atoms with Crippen molar-refractivity contribution in [3.8, 4) is 0 Å². The highest BCUT2D eigenvalue weighted by Crippen LogP contribution is 2.24. The van der Waals surface area contributed by atoms with E-state index in [4.69, 9.17) is 16.0 Å². The summed E-state index contributed by atoms with van der Waals surface area (Å²) in [6.07, 6.45) is 0. The minimum Gasteiger partial charge on any atom is -0.406 e. The van der Waals surface area contributed by atoms with Crippen molar-refractivity contribution >= 4 is 45.9 Å². The SMILES string of the molecule is CC(C)NCc1nnc(Nc2ccc(Cl)cc2I)o1. The summed E-state index contributed by atoms with van der Waals surface area (Å²) in [7, 11) is 0. The van der Waals surface area contributed by atoms with E-state index in [0.29, 0.717) is 29.5 Å². The molecule has 7 heteroatoms. The summed E-state index contributed by atoms with van der Waals surface area (Å²) in [6, 6.07) is 6.30. The first kappa shape index (κ1) is 14.5. The zero-order valence-corrected chi connectivity index (χ0v) is 13.5. The third-order valence-electron chi connectivity index (χ3n) is 2.30. The first-order valence-electron chi connectivity index (χ1n) is 5.82. The van der Waals surface area contributed by atoms with Crippen molar-refractivity contribution in [2.24, 2.45) is 0 Å². The Morgan fingerprint density at radius 3 is 2.84 bits per heavy atom. The molecule has 0 amide bonds. The van der Waals surface area contributed by atoms with Crippen LogP contribution in [-0.2, 0) is 6.54 Å². The highest BCUT2D eigenvalue weighted by atomic mass is 127. The van der Waals surface area contributed by atoms with E-state index in [1.54, 1.807) is 0 Å². The lowest BCUT2D eigenvalue weighted by Gasteiger charge is -2.05. The minimum atomic E-state index is 0.375. The monoisotopic (exact) mass is 392 g/mol. The van der Waals surface area contributed by atoms with Gasteiger partial charge in [-0.25, -0.2) is 0 Å². The summed E-state index contributed by atoms with van der Waals surface area (Å²) in [6.45, 7) is 4.68. The molecular weight excluding hydrogens is 379 g/mol. The lowest BCUT2D eigenvalue weighted by molar-refractivity contribution is 0.460. The summed E-state index contributed by atoms with van der Waals surface area (Å²) < 4.78 is 6.48. The number of benzene rings is 1. The maximum atomic E-state index is 5.90. The fourth-order valence-corrected chi connectivity index (χ4v) is 2.38. The zero-order chi connectivity index (χ0) is 13.8. The van der Waals surface area contributed by atoms with E-state index >= 15 is 0 Å². The summed E-state index contributed by atoms with van der Waals surface area (Å²) in [5, 5.41) is 14.9. The number of halogens is 2. The fourth-order valence-electron chi connectivity index (χ4n) is 1.37. The Labute approximate surface area is 130 Å². The van der Waals surface area contributed by atoms with Gasteiger partial charge in [-0.2, -0.15) is 0 Å². The number of nitrogens with one attached hydrogen (secondary N) is 2. The quantitative estimate of drug-likeness (QED) is 0.762. The standard InChI is InChI=1S/C12H14ClIN4O/c1-7(2)15-6-11-17-18-12(19-11)16-10-4-3-8(13)5-9(10)14/h3-5,7,15H,6H2,1-2H3,(H,16,18). The van der Waals surface area contributed by atoms with E-state index in [1.165, 1.54) is 0 Å². The van der Waals surface area contributed by atoms with Gasteiger partial charge in [0.2, 0.25) is 5.89 Å². The number of nitrogens with zero attached hydrogens (tertiary/aromatic N) is 2. The van der Waals surface area contributed by atoms with Gasteiger partial charge in [-0.15, -0.1) is 5.10 Å². The maximum absolute atomic E-state index is 5.90. The Kier molecular flexibility index (Phi) is 5.00. The number of aromatic nitrogens is 2. The van der Waals surface area contributed by atoms with Gasteiger partial charge in [-0.3, -0.25) is 0 Å². The average molecular weight is 393 g/mol. The summed E-state index contributed by atoms with van der Waals surface area (Å²) >= 11 is 8.10. The highest BCUT2D eigenvalue weighted by molar-refractivity contribution is 14.1. The molecule has 0 radical (unpaired) electrons. The van der Waals surface area contributed by atoms with Crippen LogP contribution in [0.4, 0.5) is 11.7 Å². The number of hydrogen-bond acceptors (Lipinski definition) is 5. The Morgan fingerprint density at radius 2 is 2.16 bits per heavy atom. The third kappa shape index (κ3) is 4.32. The van der Waals surface area contributed by atoms with Crippen molar-refractivity contribution in [3.05, 3.63) is 32.7 Å². The van der Waals surface area contributed by atoms with E-state index in [1.807, 2.05) is 18.2 Å². The third-order valence-corrected chi connectivity index (χ3v) is 3.43. The van der Waals surface area contributed by atoms with Gasteiger partial charge in [0.15, 0.2) is 0 Å². The van der Waals surface area contributed by atoms with E-state index in [-0.39, 0.29) is 0 Å². The van der Waals surface area contributed by atoms with Gasteiger partial charge in [0.25, 0.3) is 0 Å². The van der Waals surface area contributed by atoms with Crippen molar-refractivity contribution in [2.45, 2.75) is 26.4 Å². The summed E-state index contributed by atoms with van der Waals surface area (Å²) in [5.74, 6) is 0.556. The molecule has 1 aromatic heterocycles. The zero-order valence-electron chi connectivity index (χ0n) is 10.6. The van der Waals surface area contributed by atoms with Gasteiger partial charge in [0, 0.05) is 14.6 Å². The normalized spacial score (nSPS) is 11.0. The van der Waals surface area contributed by atoms with Crippen LogP contribution in [0.5, 0.6) is 0 Å². The number of rotatable bonds is 5. The van der Waals surface area contributed by atoms with Crippen LogP contribution in [0.25, 0.3) is 0 Å². The molecule has 2 aromatic rings. The molecule has 0 aliphatic rings. The van der Waals surface area contributed by atoms with Gasteiger partial charge in [-0.05, 0) is 40.8 Å². The second-order valence-corrected chi connectivity index (χ2v) is 5.88. The first-order chi connectivity index (χ1) is 9.04. The van der Waals surface area contributed by atoms with E-state index in [2.05, 4.69) is 57.3 Å². The van der Waals surface area contributed by atoms with Crippen LogP contribution < -0.4 is 10.6 Å². The fraction of sp³-hybridized carbons (Fsp3) is 0.333. The number of hydrogen-bond donors (Lipinski definition) is 2. The molecule has 0 saturated carbocycles. The lowest BCUT2D eigenvalue weighted by atomic mass is 10.3. The van der Waals surface area contributed by atoms with Crippen LogP contribution in [0.15, 0.2) is 22.6 Å². The molecule has 2 rings (SSSR count). The van der Waals surface area contributed by atoms with E-state index < -0.39 is 0 Å². The van der Waals surface area contributed by atoms with Crippen molar-refractivity contribution in [1.29, 1.82) is 0 Å². The average Bonchev–Trinajstić information content (AvgIpc) is 2.78. The Balaban J connectivity index is 2.03. The summed E-state index contributed by atoms with van der Waals surface area (Å²) in [4.78, 5) is 0. The van der Waals surface area contributed by atoms with Crippen LogP contribution >= 0.6 is 34.2 Å². The summed E-state index contributed by atoms with van der Waals surface area (Å²) in [5.41, 5.74) is 0.886. The minimum absolute atomic E-state index is 0.375. The Morgan fingerprint density at radius 1 is 1.37 bits per heavy atom. The van der Waals surface area contributed by atoms with Gasteiger partial charge < -0.3 is 15.1 Å². The molecule has 0 atom stereocenters. The molecule has 5 nitrogen and oxygen atoms in total. The molecule has 0 spiro atoms. The molecule has 102 valence electrons. The lowest BCUT2D eigenvalue weighted by Crippen LogP contribution is -2.21. The van der Waals surface area contributed by atoms with Crippen molar-refractivity contribution in [3.63, 3.8) is 0 Å². The molecule has 19 heavy (non-hydrogen) atoms. The van der Waals surface area contributed by atoms with Crippen LogP contribution in [0, 0.1) is 3.57 Å². The van der Waals surface area contributed by atoms with Crippen LogP contribution in [0.2, 0.25) is 5.02 Å².